The minimum Gasteiger partial charge on any atom is -0.329 e. The fraction of sp³-hybridized carbons (Fsp3) is 0.238. The number of aromatic nitrogens is 2. The van der Waals surface area contributed by atoms with Gasteiger partial charge in [-0.3, -0.25) is 0 Å². The maximum atomic E-state index is 4.71. The topological polar surface area (TPSA) is 41.1 Å². The van der Waals surface area contributed by atoms with Crippen molar-refractivity contribution in [2.75, 3.05) is 17.3 Å². The van der Waals surface area contributed by atoms with Crippen molar-refractivity contribution in [2.45, 2.75) is 27.7 Å². The van der Waals surface area contributed by atoms with E-state index < -0.39 is 0 Å². The van der Waals surface area contributed by atoms with Crippen molar-refractivity contribution >= 4 is 23.1 Å². The molecule has 0 radical (unpaired) electrons. The zero-order valence-corrected chi connectivity index (χ0v) is 15.5. The Morgan fingerprint density at radius 3 is 2.12 bits per heavy atom. The van der Waals surface area contributed by atoms with Crippen LogP contribution in [0.4, 0.5) is 23.1 Å². The molecule has 0 amide bonds. The van der Waals surface area contributed by atoms with Gasteiger partial charge in [0.2, 0.25) is 5.95 Å². The first-order valence-electron chi connectivity index (χ1n) is 8.43. The second-order valence-corrected chi connectivity index (χ2v) is 6.48. The van der Waals surface area contributed by atoms with Crippen LogP contribution in [-0.2, 0) is 0 Å². The van der Waals surface area contributed by atoms with E-state index in [0.717, 1.165) is 22.9 Å². The summed E-state index contributed by atoms with van der Waals surface area (Å²) in [6.45, 7) is 8.31. The van der Waals surface area contributed by atoms with Crippen LogP contribution in [0, 0.1) is 27.7 Å². The normalized spacial score (nSPS) is 10.6. The zero-order valence-electron chi connectivity index (χ0n) is 15.5. The van der Waals surface area contributed by atoms with Crippen LogP contribution in [0.3, 0.4) is 0 Å². The highest BCUT2D eigenvalue weighted by Crippen LogP contribution is 2.27. The molecule has 1 aromatic heterocycles. The first-order chi connectivity index (χ1) is 11.9. The molecule has 3 rings (SSSR count). The minimum atomic E-state index is 0.618. The van der Waals surface area contributed by atoms with Gasteiger partial charge in [-0.25, -0.2) is 4.98 Å². The summed E-state index contributed by atoms with van der Waals surface area (Å²) < 4.78 is 0. The highest BCUT2D eigenvalue weighted by molar-refractivity contribution is 5.66. The third-order valence-electron chi connectivity index (χ3n) is 4.24. The Morgan fingerprint density at radius 1 is 0.840 bits per heavy atom. The van der Waals surface area contributed by atoms with Crippen LogP contribution >= 0.6 is 0 Å². The van der Waals surface area contributed by atoms with Crippen molar-refractivity contribution < 1.29 is 0 Å². The Morgan fingerprint density at radius 2 is 1.48 bits per heavy atom. The van der Waals surface area contributed by atoms with Crippen LogP contribution in [-0.4, -0.2) is 17.0 Å². The van der Waals surface area contributed by atoms with Crippen LogP contribution < -0.4 is 10.2 Å². The molecule has 1 heterocycles. The number of benzene rings is 2. The van der Waals surface area contributed by atoms with E-state index in [2.05, 4.69) is 60.2 Å². The number of rotatable bonds is 4. The van der Waals surface area contributed by atoms with Crippen LogP contribution in [0.2, 0.25) is 0 Å². The summed E-state index contributed by atoms with van der Waals surface area (Å²) in [5.74, 6) is 1.48. The van der Waals surface area contributed by atoms with Gasteiger partial charge in [0.1, 0.15) is 5.82 Å². The molecule has 25 heavy (non-hydrogen) atoms. The van der Waals surface area contributed by atoms with E-state index in [1.54, 1.807) is 0 Å². The molecule has 128 valence electrons. The largest absolute Gasteiger partial charge is 0.329 e. The minimum absolute atomic E-state index is 0.618. The van der Waals surface area contributed by atoms with Gasteiger partial charge in [-0.1, -0.05) is 35.9 Å². The third-order valence-corrected chi connectivity index (χ3v) is 4.24. The molecule has 0 atom stereocenters. The Hall–Kier alpha value is -2.88. The predicted molar refractivity (Wildman–Crippen MR) is 105 cm³/mol. The van der Waals surface area contributed by atoms with E-state index in [9.17, 15) is 0 Å². The summed E-state index contributed by atoms with van der Waals surface area (Å²) in [6.07, 6.45) is 0. The molecule has 0 fully saturated rings. The van der Waals surface area contributed by atoms with Gasteiger partial charge < -0.3 is 10.2 Å². The summed E-state index contributed by atoms with van der Waals surface area (Å²) in [4.78, 5) is 11.3. The molecule has 3 aromatic rings. The van der Waals surface area contributed by atoms with Crippen molar-refractivity contribution in [1.82, 2.24) is 9.97 Å². The maximum Gasteiger partial charge on any atom is 0.229 e. The number of hydrogen-bond acceptors (Lipinski definition) is 4. The van der Waals surface area contributed by atoms with Crippen LogP contribution in [0.25, 0.3) is 0 Å². The molecular formula is C21H24N4. The first kappa shape index (κ1) is 17.0. The first-order valence-corrected chi connectivity index (χ1v) is 8.43. The number of para-hydroxylation sites is 1. The van der Waals surface area contributed by atoms with Gasteiger partial charge >= 0.3 is 0 Å². The fourth-order valence-electron chi connectivity index (χ4n) is 3.05. The molecular weight excluding hydrogens is 308 g/mol. The standard InChI is InChI=1S/C21H24N4/c1-14-11-15(2)20(16(3)12-14)24-21-22-17(4)13-19(23-21)25(5)18-9-7-6-8-10-18/h6-13H,1-5H3,(H,22,23,24). The van der Waals surface area contributed by atoms with E-state index in [4.69, 9.17) is 4.98 Å². The summed E-state index contributed by atoms with van der Waals surface area (Å²) in [6, 6.07) is 16.5. The number of anilines is 4. The second-order valence-electron chi connectivity index (χ2n) is 6.48. The van der Waals surface area contributed by atoms with Gasteiger partial charge in [0.05, 0.1) is 0 Å². The Labute approximate surface area is 149 Å². The smallest absolute Gasteiger partial charge is 0.229 e. The quantitative estimate of drug-likeness (QED) is 0.711. The third kappa shape index (κ3) is 3.79. The van der Waals surface area contributed by atoms with Crippen molar-refractivity contribution in [3.8, 4) is 0 Å². The zero-order chi connectivity index (χ0) is 18.0. The molecule has 1 N–H and O–H groups in total. The van der Waals surface area contributed by atoms with Gasteiger partial charge in [-0.05, 0) is 51.0 Å². The lowest BCUT2D eigenvalue weighted by molar-refractivity contribution is 1.05. The number of hydrogen-bond donors (Lipinski definition) is 1. The molecule has 0 aliphatic carbocycles. The molecule has 0 spiro atoms. The van der Waals surface area contributed by atoms with Gasteiger partial charge in [0, 0.05) is 30.2 Å². The number of nitrogens with zero attached hydrogens (tertiary/aromatic N) is 3. The number of nitrogens with one attached hydrogen (secondary N) is 1. The van der Waals surface area contributed by atoms with Gasteiger partial charge in [-0.15, -0.1) is 0 Å². The number of aryl methyl sites for hydroxylation is 4. The molecule has 4 heteroatoms. The van der Waals surface area contributed by atoms with Crippen LogP contribution in [0.5, 0.6) is 0 Å². The van der Waals surface area contributed by atoms with E-state index in [0.29, 0.717) is 5.95 Å². The average Bonchev–Trinajstić information content (AvgIpc) is 2.58. The Balaban J connectivity index is 1.95. The average molecular weight is 332 g/mol. The van der Waals surface area contributed by atoms with Crippen molar-refractivity contribution in [2.24, 2.45) is 0 Å². The summed E-state index contributed by atoms with van der Waals surface area (Å²) in [5.41, 5.74) is 6.74. The summed E-state index contributed by atoms with van der Waals surface area (Å²) in [7, 11) is 2.02. The Bertz CT molecular complexity index is 865. The molecule has 0 unspecified atom stereocenters. The summed E-state index contributed by atoms with van der Waals surface area (Å²) in [5, 5.41) is 3.41. The molecule has 0 bridgehead atoms. The molecule has 0 saturated heterocycles. The van der Waals surface area contributed by atoms with Crippen LogP contribution in [0.1, 0.15) is 22.4 Å². The summed E-state index contributed by atoms with van der Waals surface area (Å²) >= 11 is 0. The SMILES string of the molecule is Cc1cc(C)c(Nc2nc(C)cc(N(C)c3ccccc3)n2)c(C)c1. The Kier molecular flexibility index (Phi) is 4.70. The predicted octanol–water partition coefficient (Wildman–Crippen LogP) is 5.22. The molecule has 0 aliphatic heterocycles. The van der Waals surface area contributed by atoms with Crippen molar-refractivity contribution in [3.05, 3.63) is 70.9 Å². The van der Waals surface area contributed by atoms with Crippen molar-refractivity contribution in [3.63, 3.8) is 0 Å². The maximum absolute atomic E-state index is 4.71. The van der Waals surface area contributed by atoms with Crippen LogP contribution in [0.15, 0.2) is 48.5 Å². The highest BCUT2D eigenvalue weighted by Gasteiger charge is 2.11. The van der Waals surface area contributed by atoms with E-state index in [-0.39, 0.29) is 0 Å². The lowest BCUT2D eigenvalue weighted by atomic mass is 10.1. The molecule has 2 aromatic carbocycles. The fourth-order valence-corrected chi connectivity index (χ4v) is 3.05. The lowest BCUT2D eigenvalue weighted by Crippen LogP contribution is -2.13. The molecule has 4 nitrogen and oxygen atoms in total. The molecule has 0 aliphatic rings. The highest BCUT2D eigenvalue weighted by atomic mass is 15.2. The molecule has 0 saturated carbocycles. The monoisotopic (exact) mass is 332 g/mol. The van der Waals surface area contributed by atoms with E-state index in [1.807, 2.05) is 38.2 Å². The van der Waals surface area contributed by atoms with Gasteiger partial charge in [-0.2, -0.15) is 4.98 Å². The van der Waals surface area contributed by atoms with E-state index >= 15 is 0 Å². The van der Waals surface area contributed by atoms with Crippen molar-refractivity contribution in [1.29, 1.82) is 0 Å². The second kappa shape index (κ2) is 6.93. The van der Waals surface area contributed by atoms with Gasteiger partial charge in [0.25, 0.3) is 0 Å². The van der Waals surface area contributed by atoms with Gasteiger partial charge in [0.15, 0.2) is 0 Å². The lowest BCUT2D eigenvalue weighted by Gasteiger charge is -2.20. The van der Waals surface area contributed by atoms with E-state index in [1.165, 1.54) is 16.7 Å².